The monoisotopic (exact) mass is 372 g/mol. The molecule has 0 radical (unpaired) electrons. The molecular weight excluding hydrogens is 344 g/mol. The second-order valence-corrected chi connectivity index (χ2v) is 7.47. The van der Waals surface area contributed by atoms with E-state index in [1.54, 1.807) is 6.33 Å². The molecule has 1 amide bonds. The van der Waals surface area contributed by atoms with Crippen LogP contribution in [0.1, 0.15) is 43.9 Å². The first-order chi connectivity index (χ1) is 13.2. The van der Waals surface area contributed by atoms with E-state index in [1.165, 1.54) is 5.56 Å². The average molecular weight is 372 g/mol. The first-order valence-electron chi connectivity index (χ1n) is 10.0. The molecule has 1 N–H and O–H groups in total. The summed E-state index contributed by atoms with van der Waals surface area (Å²) in [5.74, 6) is 1.95. The highest BCUT2D eigenvalue weighted by atomic mass is 16.5. The van der Waals surface area contributed by atoms with E-state index in [9.17, 15) is 4.79 Å². The van der Waals surface area contributed by atoms with Crippen LogP contribution in [0.5, 0.6) is 0 Å². The summed E-state index contributed by atoms with van der Waals surface area (Å²) in [4.78, 5) is 23.7. The normalized spacial score (nSPS) is 21.1. The largest absolute Gasteiger partial charge is 0.376 e. The molecule has 2 fully saturated rings. The van der Waals surface area contributed by atoms with Crippen LogP contribution in [-0.4, -0.2) is 57.8 Å². The van der Waals surface area contributed by atoms with Gasteiger partial charge in [0, 0.05) is 43.4 Å². The van der Waals surface area contributed by atoms with Crippen molar-refractivity contribution in [1.29, 1.82) is 0 Å². The zero-order chi connectivity index (χ0) is 18.8. The lowest BCUT2D eigenvalue weighted by molar-refractivity contribution is -0.126. The van der Waals surface area contributed by atoms with E-state index in [-0.39, 0.29) is 17.9 Å². The Bertz CT molecular complexity index is 806. The number of carbonyl (C=O) groups excluding carboxylic acids is 1. The topological polar surface area (TPSA) is 84.7 Å². The van der Waals surface area contributed by atoms with Crippen molar-refractivity contribution in [3.63, 3.8) is 0 Å². The number of amides is 1. The van der Waals surface area contributed by atoms with Crippen LogP contribution in [0.2, 0.25) is 0 Å². The quantitative estimate of drug-likeness (QED) is 0.856. The Kier molecular flexibility index (Phi) is 5.24. The molecule has 0 spiro atoms. The van der Waals surface area contributed by atoms with Crippen LogP contribution in [0.25, 0.3) is 5.78 Å². The van der Waals surface area contributed by atoms with Gasteiger partial charge in [0.05, 0.1) is 6.10 Å². The number of nitrogens with one attached hydrogen (secondary N) is 1. The Balaban J connectivity index is 1.42. The third-order valence-electron chi connectivity index (χ3n) is 5.75. The molecule has 1 atom stereocenters. The predicted molar refractivity (Wildman–Crippen MR) is 102 cm³/mol. The van der Waals surface area contributed by atoms with Gasteiger partial charge >= 0.3 is 0 Å². The SMILES string of the molecule is CCc1c(C)nc2ncnn2c1N1CCC(C(=O)NC[C@@H]2CCCO2)CC1. The summed E-state index contributed by atoms with van der Waals surface area (Å²) in [7, 11) is 0. The first kappa shape index (κ1) is 18.2. The summed E-state index contributed by atoms with van der Waals surface area (Å²) >= 11 is 0. The molecule has 0 bridgehead atoms. The minimum atomic E-state index is 0.0712. The first-order valence-corrected chi connectivity index (χ1v) is 10.0. The number of rotatable bonds is 5. The van der Waals surface area contributed by atoms with Gasteiger partial charge in [-0.3, -0.25) is 4.79 Å². The maximum Gasteiger partial charge on any atom is 0.254 e. The van der Waals surface area contributed by atoms with Crippen molar-refractivity contribution in [2.24, 2.45) is 5.92 Å². The molecule has 0 saturated carbocycles. The molecule has 4 heterocycles. The van der Waals surface area contributed by atoms with Gasteiger partial charge in [-0.25, -0.2) is 4.98 Å². The van der Waals surface area contributed by atoms with E-state index in [0.717, 1.165) is 63.3 Å². The molecule has 0 aliphatic carbocycles. The fourth-order valence-electron chi connectivity index (χ4n) is 4.22. The summed E-state index contributed by atoms with van der Waals surface area (Å²) in [5, 5.41) is 7.47. The minimum absolute atomic E-state index is 0.0712. The summed E-state index contributed by atoms with van der Waals surface area (Å²) in [6.45, 7) is 7.31. The van der Waals surface area contributed by atoms with E-state index in [4.69, 9.17) is 4.74 Å². The van der Waals surface area contributed by atoms with Gasteiger partial charge in [0.1, 0.15) is 12.1 Å². The van der Waals surface area contributed by atoms with Crippen LogP contribution in [0.15, 0.2) is 6.33 Å². The summed E-state index contributed by atoms with van der Waals surface area (Å²) in [6, 6.07) is 0. The molecule has 27 heavy (non-hydrogen) atoms. The van der Waals surface area contributed by atoms with Gasteiger partial charge in [0.25, 0.3) is 5.78 Å². The van der Waals surface area contributed by atoms with Crippen LogP contribution in [0.4, 0.5) is 5.82 Å². The second-order valence-electron chi connectivity index (χ2n) is 7.47. The number of anilines is 1. The number of hydrogen-bond acceptors (Lipinski definition) is 6. The zero-order valence-corrected chi connectivity index (χ0v) is 16.1. The number of ether oxygens (including phenoxy) is 1. The van der Waals surface area contributed by atoms with Crippen LogP contribution in [0.3, 0.4) is 0 Å². The van der Waals surface area contributed by atoms with Gasteiger partial charge in [0.2, 0.25) is 5.91 Å². The third kappa shape index (κ3) is 3.63. The highest BCUT2D eigenvalue weighted by Gasteiger charge is 2.28. The Morgan fingerprint density at radius 1 is 1.33 bits per heavy atom. The fourth-order valence-corrected chi connectivity index (χ4v) is 4.22. The average Bonchev–Trinajstić information content (AvgIpc) is 3.36. The highest BCUT2D eigenvalue weighted by Crippen LogP contribution is 2.28. The number of nitrogens with zero attached hydrogens (tertiary/aromatic N) is 5. The molecule has 8 heteroatoms. The number of aromatic nitrogens is 4. The fraction of sp³-hybridized carbons (Fsp3) is 0.684. The molecule has 4 rings (SSSR count). The van der Waals surface area contributed by atoms with Crippen LogP contribution < -0.4 is 10.2 Å². The molecule has 2 aliphatic rings. The van der Waals surface area contributed by atoms with Crippen molar-refractivity contribution in [3.05, 3.63) is 17.6 Å². The van der Waals surface area contributed by atoms with Crippen molar-refractivity contribution in [2.75, 3.05) is 31.1 Å². The maximum absolute atomic E-state index is 12.5. The van der Waals surface area contributed by atoms with E-state index in [2.05, 4.69) is 32.2 Å². The standard InChI is InChI=1S/C19H28N6O2/c1-3-16-13(2)23-19-21-12-22-25(19)18(16)24-8-6-14(7-9-24)17(26)20-11-15-5-4-10-27-15/h12,14-15H,3-11H2,1-2H3,(H,20,26)/t15-/m0/s1. The van der Waals surface area contributed by atoms with Gasteiger partial charge in [0.15, 0.2) is 0 Å². The zero-order valence-electron chi connectivity index (χ0n) is 16.1. The summed E-state index contributed by atoms with van der Waals surface area (Å²) in [5.41, 5.74) is 2.21. The predicted octanol–water partition coefficient (Wildman–Crippen LogP) is 1.51. The van der Waals surface area contributed by atoms with Gasteiger partial charge in [-0.15, -0.1) is 0 Å². The van der Waals surface area contributed by atoms with Crippen LogP contribution >= 0.6 is 0 Å². The molecule has 2 aromatic rings. The molecule has 0 unspecified atom stereocenters. The Labute approximate surface area is 159 Å². The minimum Gasteiger partial charge on any atom is -0.376 e. The van der Waals surface area contributed by atoms with Gasteiger partial charge < -0.3 is 15.0 Å². The van der Waals surface area contributed by atoms with Crippen molar-refractivity contribution in [1.82, 2.24) is 24.9 Å². The Morgan fingerprint density at radius 2 is 2.15 bits per heavy atom. The Morgan fingerprint density at radius 3 is 2.85 bits per heavy atom. The maximum atomic E-state index is 12.5. The molecule has 2 aliphatic heterocycles. The van der Waals surface area contributed by atoms with Gasteiger partial charge in [-0.05, 0) is 39.0 Å². The smallest absolute Gasteiger partial charge is 0.254 e. The van der Waals surface area contributed by atoms with Crippen molar-refractivity contribution >= 4 is 17.5 Å². The van der Waals surface area contributed by atoms with Crippen molar-refractivity contribution in [3.8, 4) is 0 Å². The van der Waals surface area contributed by atoms with Crippen molar-refractivity contribution < 1.29 is 9.53 Å². The number of aryl methyl sites for hydroxylation is 1. The lowest BCUT2D eigenvalue weighted by atomic mass is 9.95. The number of piperidine rings is 1. The van der Waals surface area contributed by atoms with Crippen LogP contribution in [0, 0.1) is 12.8 Å². The number of fused-ring (bicyclic) bond motifs is 1. The molecule has 8 nitrogen and oxygen atoms in total. The van der Waals surface area contributed by atoms with E-state index < -0.39 is 0 Å². The highest BCUT2D eigenvalue weighted by molar-refractivity contribution is 5.79. The molecule has 0 aromatic carbocycles. The lowest BCUT2D eigenvalue weighted by Gasteiger charge is -2.34. The van der Waals surface area contributed by atoms with Gasteiger partial charge in [-0.2, -0.15) is 14.6 Å². The molecule has 2 aromatic heterocycles. The molecule has 146 valence electrons. The van der Waals surface area contributed by atoms with Crippen LogP contribution in [-0.2, 0) is 16.0 Å². The van der Waals surface area contributed by atoms with E-state index in [1.807, 2.05) is 11.4 Å². The molecular formula is C19H28N6O2. The third-order valence-corrected chi connectivity index (χ3v) is 5.75. The number of carbonyl (C=O) groups is 1. The Hall–Kier alpha value is -2.22. The number of hydrogen-bond donors (Lipinski definition) is 1. The van der Waals surface area contributed by atoms with E-state index in [0.29, 0.717) is 12.3 Å². The lowest BCUT2D eigenvalue weighted by Crippen LogP contribution is -2.43. The summed E-state index contributed by atoms with van der Waals surface area (Å²) in [6.07, 6.45) is 6.48. The van der Waals surface area contributed by atoms with Crippen molar-refractivity contribution in [2.45, 2.75) is 52.1 Å². The molecule has 2 saturated heterocycles. The van der Waals surface area contributed by atoms with Gasteiger partial charge in [-0.1, -0.05) is 6.92 Å². The summed E-state index contributed by atoms with van der Waals surface area (Å²) < 4.78 is 7.43. The van der Waals surface area contributed by atoms with E-state index >= 15 is 0 Å². The second kappa shape index (κ2) is 7.80.